The van der Waals surface area contributed by atoms with Crippen LogP contribution >= 0.6 is 11.6 Å². The Hall–Kier alpha value is -2.41. The SMILES string of the molecule is N/C(=N/O)c1nccnc1Oc1cccc(Cl)c1F. The molecule has 0 saturated carbocycles. The lowest BCUT2D eigenvalue weighted by Crippen LogP contribution is -2.16. The highest BCUT2D eigenvalue weighted by Gasteiger charge is 2.15. The smallest absolute Gasteiger partial charge is 0.249 e. The van der Waals surface area contributed by atoms with Crippen molar-refractivity contribution in [2.75, 3.05) is 0 Å². The summed E-state index contributed by atoms with van der Waals surface area (Å²) < 4.78 is 18.9. The lowest BCUT2D eigenvalue weighted by Gasteiger charge is -2.08. The Bertz CT molecular complexity index is 636. The minimum absolute atomic E-state index is 0.00984. The van der Waals surface area contributed by atoms with Gasteiger partial charge >= 0.3 is 0 Å². The standard InChI is InChI=1S/C11H8ClFN4O2/c12-6-2-1-3-7(8(6)13)19-11-9(10(14)17-18)15-4-5-16-11/h1-5,18H,(H2,14,17). The van der Waals surface area contributed by atoms with Crippen molar-refractivity contribution in [1.29, 1.82) is 0 Å². The first-order valence-electron chi connectivity index (χ1n) is 5.04. The Morgan fingerprint density at radius 2 is 2.11 bits per heavy atom. The number of ether oxygens (including phenoxy) is 1. The van der Waals surface area contributed by atoms with Gasteiger partial charge in [-0.05, 0) is 12.1 Å². The topological polar surface area (TPSA) is 93.6 Å². The van der Waals surface area contributed by atoms with Crippen LogP contribution in [-0.4, -0.2) is 21.0 Å². The summed E-state index contributed by atoms with van der Waals surface area (Å²) >= 11 is 5.63. The molecule has 2 aromatic rings. The van der Waals surface area contributed by atoms with Crippen molar-refractivity contribution >= 4 is 17.4 Å². The number of nitrogens with two attached hydrogens (primary N) is 1. The van der Waals surface area contributed by atoms with E-state index in [9.17, 15) is 4.39 Å². The third-order valence-corrected chi connectivity index (χ3v) is 2.43. The number of nitrogens with zero attached hydrogens (tertiary/aromatic N) is 3. The lowest BCUT2D eigenvalue weighted by atomic mass is 10.3. The van der Waals surface area contributed by atoms with Gasteiger partial charge in [0, 0.05) is 12.4 Å². The molecule has 1 aromatic heterocycles. The molecule has 0 amide bonds. The maximum atomic E-state index is 13.7. The summed E-state index contributed by atoms with van der Waals surface area (Å²) in [6.07, 6.45) is 2.65. The molecule has 2 rings (SSSR count). The number of aromatic nitrogens is 2. The zero-order valence-electron chi connectivity index (χ0n) is 9.42. The minimum Gasteiger partial charge on any atom is -0.434 e. The molecule has 1 heterocycles. The number of rotatable bonds is 3. The number of hydrogen-bond donors (Lipinski definition) is 2. The number of hydrogen-bond acceptors (Lipinski definition) is 5. The van der Waals surface area contributed by atoms with Crippen molar-refractivity contribution in [3.63, 3.8) is 0 Å². The van der Waals surface area contributed by atoms with Crippen LogP contribution in [0.4, 0.5) is 4.39 Å². The largest absolute Gasteiger partial charge is 0.434 e. The zero-order chi connectivity index (χ0) is 13.8. The summed E-state index contributed by atoms with van der Waals surface area (Å²) in [5.41, 5.74) is 5.40. The first-order valence-corrected chi connectivity index (χ1v) is 5.42. The maximum Gasteiger partial charge on any atom is 0.249 e. The summed E-state index contributed by atoms with van der Waals surface area (Å²) in [6, 6.07) is 4.26. The fraction of sp³-hybridized carbons (Fsp3) is 0. The Morgan fingerprint density at radius 3 is 2.84 bits per heavy atom. The molecule has 0 saturated heterocycles. The van der Waals surface area contributed by atoms with Crippen molar-refractivity contribution in [3.8, 4) is 11.6 Å². The Labute approximate surface area is 112 Å². The minimum atomic E-state index is -0.736. The van der Waals surface area contributed by atoms with Gasteiger partial charge in [0.15, 0.2) is 23.1 Å². The summed E-state index contributed by atoms with van der Waals surface area (Å²) in [5.74, 6) is -1.27. The molecule has 0 fully saturated rings. The van der Waals surface area contributed by atoms with E-state index >= 15 is 0 Å². The van der Waals surface area contributed by atoms with Crippen LogP contribution < -0.4 is 10.5 Å². The first kappa shape index (κ1) is 13.0. The predicted molar refractivity (Wildman–Crippen MR) is 66.0 cm³/mol. The zero-order valence-corrected chi connectivity index (χ0v) is 10.2. The monoisotopic (exact) mass is 282 g/mol. The molecule has 1 aromatic carbocycles. The van der Waals surface area contributed by atoms with Crippen LogP contribution in [0.1, 0.15) is 5.69 Å². The molecule has 0 bridgehead atoms. The van der Waals surface area contributed by atoms with Gasteiger partial charge in [-0.1, -0.05) is 22.8 Å². The highest BCUT2D eigenvalue weighted by atomic mass is 35.5. The first-order chi connectivity index (χ1) is 9.13. The third-order valence-electron chi connectivity index (χ3n) is 2.14. The summed E-state index contributed by atoms with van der Waals surface area (Å²) in [4.78, 5) is 7.69. The van der Waals surface area contributed by atoms with E-state index in [0.717, 1.165) is 0 Å². The molecule has 19 heavy (non-hydrogen) atoms. The Kier molecular flexibility index (Phi) is 3.76. The fourth-order valence-corrected chi connectivity index (χ4v) is 1.46. The maximum absolute atomic E-state index is 13.7. The molecule has 0 aliphatic carbocycles. The van der Waals surface area contributed by atoms with Crippen LogP contribution in [-0.2, 0) is 0 Å². The van der Waals surface area contributed by atoms with E-state index < -0.39 is 5.82 Å². The Balaban J connectivity index is 2.42. The van der Waals surface area contributed by atoms with Crippen molar-refractivity contribution in [2.45, 2.75) is 0 Å². The molecule has 0 radical (unpaired) electrons. The van der Waals surface area contributed by atoms with Crippen LogP contribution in [0.15, 0.2) is 35.7 Å². The van der Waals surface area contributed by atoms with Crippen LogP contribution in [0.25, 0.3) is 0 Å². The van der Waals surface area contributed by atoms with Crippen molar-refractivity contribution in [1.82, 2.24) is 9.97 Å². The Morgan fingerprint density at radius 1 is 1.37 bits per heavy atom. The van der Waals surface area contributed by atoms with Crippen molar-refractivity contribution in [2.24, 2.45) is 10.9 Å². The molecule has 98 valence electrons. The van der Waals surface area contributed by atoms with Gasteiger partial charge < -0.3 is 15.7 Å². The number of oxime groups is 1. The molecule has 8 heteroatoms. The van der Waals surface area contributed by atoms with E-state index in [1.165, 1.54) is 30.6 Å². The van der Waals surface area contributed by atoms with Gasteiger partial charge in [0.1, 0.15) is 0 Å². The van der Waals surface area contributed by atoms with Gasteiger partial charge in [-0.25, -0.2) is 14.4 Å². The van der Waals surface area contributed by atoms with E-state index in [2.05, 4.69) is 15.1 Å². The lowest BCUT2D eigenvalue weighted by molar-refractivity contribution is 0.318. The van der Waals surface area contributed by atoms with E-state index in [0.29, 0.717) is 0 Å². The summed E-state index contributed by atoms with van der Waals surface area (Å²) in [7, 11) is 0. The van der Waals surface area contributed by atoms with Gasteiger partial charge in [-0.2, -0.15) is 0 Å². The van der Waals surface area contributed by atoms with Crippen molar-refractivity contribution in [3.05, 3.63) is 47.1 Å². The quantitative estimate of drug-likeness (QED) is 0.389. The van der Waals surface area contributed by atoms with Gasteiger partial charge in [0.2, 0.25) is 5.88 Å². The van der Waals surface area contributed by atoms with Crippen LogP contribution in [0.3, 0.4) is 0 Å². The van der Waals surface area contributed by atoms with Crippen LogP contribution in [0.5, 0.6) is 11.6 Å². The molecule has 0 atom stereocenters. The van der Waals surface area contributed by atoms with Gasteiger partial charge in [-0.15, -0.1) is 0 Å². The highest BCUT2D eigenvalue weighted by molar-refractivity contribution is 6.30. The second-order valence-corrected chi connectivity index (χ2v) is 3.76. The van der Waals surface area contributed by atoms with Gasteiger partial charge in [0.25, 0.3) is 0 Å². The summed E-state index contributed by atoms with van der Waals surface area (Å²) in [6.45, 7) is 0. The number of amidine groups is 1. The molecule has 3 N–H and O–H groups in total. The molecule has 0 aliphatic heterocycles. The third kappa shape index (κ3) is 2.71. The molecular formula is C11H8ClFN4O2. The average Bonchev–Trinajstić information content (AvgIpc) is 2.43. The van der Waals surface area contributed by atoms with Gasteiger partial charge in [0.05, 0.1) is 5.02 Å². The predicted octanol–water partition coefficient (Wildman–Crippen LogP) is 2.16. The van der Waals surface area contributed by atoms with E-state index in [4.69, 9.17) is 27.3 Å². The van der Waals surface area contributed by atoms with E-state index in [-0.39, 0.29) is 28.2 Å². The average molecular weight is 283 g/mol. The number of halogens is 2. The molecule has 0 aliphatic rings. The molecule has 0 unspecified atom stereocenters. The second kappa shape index (κ2) is 5.49. The summed E-state index contributed by atoms with van der Waals surface area (Å²) in [5, 5.41) is 11.3. The molecular weight excluding hydrogens is 275 g/mol. The van der Waals surface area contributed by atoms with Gasteiger partial charge in [-0.3, -0.25) is 0 Å². The molecule has 0 spiro atoms. The van der Waals surface area contributed by atoms with Crippen molar-refractivity contribution < 1.29 is 14.3 Å². The highest BCUT2D eigenvalue weighted by Crippen LogP contribution is 2.28. The normalized spacial score (nSPS) is 11.4. The van der Waals surface area contributed by atoms with E-state index in [1.807, 2.05) is 0 Å². The van der Waals surface area contributed by atoms with Crippen LogP contribution in [0.2, 0.25) is 5.02 Å². The van der Waals surface area contributed by atoms with E-state index in [1.54, 1.807) is 0 Å². The second-order valence-electron chi connectivity index (χ2n) is 3.35. The molecule has 6 nitrogen and oxygen atoms in total. The number of benzene rings is 1. The fourth-order valence-electron chi connectivity index (χ4n) is 1.29. The van der Waals surface area contributed by atoms with Crippen LogP contribution in [0, 0.1) is 5.82 Å².